The first-order valence-electron chi connectivity index (χ1n) is 7.13. The molecule has 0 unspecified atom stereocenters. The molecular formula is C18H12Br2N2O2. The third kappa shape index (κ3) is 3.10. The van der Waals surface area contributed by atoms with Crippen molar-refractivity contribution in [2.75, 3.05) is 6.61 Å². The Hall–Kier alpha value is -2.10. The number of ether oxygens (including phenoxy) is 1. The fourth-order valence-corrected chi connectivity index (χ4v) is 4.10. The second-order valence-corrected chi connectivity index (χ2v) is 7.03. The van der Waals surface area contributed by atoms with Gasteiger partial charge >= 0.3 is 0 Å². The minimum absolute atomic E-state index is 0.120. The molecule has 4 nitrogen and oxygen atoms in total. The summed E-state index contributed by atoms with van der Waals surface area (Å²) in [6, 6.07) is 13.2. The van der Waals surface area contributed by atoms with Crippen LogP contribution in [0.3, 0.4) is 0 Å². The first kappa shape index (κ1) is 16.7. The minimum Gasteiger partial charge on any atom is -0.482 e. The Bertz CT molecular complexity index is 963. The van der Waals surface area contributed by atoms with E-state index in [2.05, 4.69) is 37.9 Å². The second kappa shape index (κ2) is 6.80. The predicted octanol–water partition coefficient (Wildman–Crippen LogP) is 5.07. The molecule has 0 aliphatic carbocycles. The lowest BCUT2D eigenvalue weighted by molar-refractivity contribution is 0.0842. The molecule has 0 fully saturated rings. The zero-order chi connectivity index (χ0) is 17.3. The van der Waals surface area contributed by atoms with Crippen molar-refractivity contribution in [3.8, 4) is 11.8 Å². The van der Waals surface area contributed by atoms with Gasteiger partial charge in [0, 0.05) is 16.1 Å². The van der Waals surface area contributed by atoms with E-state index in [0.29, 0.717) is 16.8 Å². The highest BCUT2D eigenvalue weighted by atomic mass is 79.9. The number of fused-ring (bicyclic) bond motifs is 1. The average Bonchev–Trinajstić information content (AvgIpc) is 2.92. The molecule has 2 aromatic carbocycles. The Morgan fingerprint density at radius 1 is 1.29 bits per heavy atom. The van der Waals surface area contributed by atoms with Crippen LogP contribution in [0.15, 0.2) is 51.5 Å². The topological polar surface area (TPSA) is 55.0 Å². The molecule has 1 heterocycles. The molecule has 0 radical (unpaired) electrons. The van der Waals surface area contributed by atoms with Crippen molar-refractivity contribution in [3.63, 3.8) is 0 Å². The number of halogens is 2. The molecule has 24 heavy (non-hydrogen) atoms. The Morgan fingerprint density at radius 2 is 2.04 bits per heavy atom. The van der Waals surface area contributed by atoms with Crippen LogP contribution in [0.25, 0.3) is 10.9 Å². The molecular weight excluding hydrogens is 436 g/mol. The lowest BCUT2D eigenvalue weighted by atomic mass is 10.2. The molecule has 0 saturated heterocycles. The summed E-state index contributed by atoms with van der Waals surface area (Å²) in [5.74, 6) is 0.394. The van der Waals surface area contributed by atoms with E-state index in [1.165, 1.54) is 4.57 Å². The summed E-state index contributed by atoms with van der Waals surface area (Å²) in [7, 11) is 0. The summed E-state index contributed by atoms with van der Waals surface area (Å²) in [6.45, 7) is 1.79. The van der Waals surface area contributed by atoms with Gasteiger partial charge in [0.1, 0.15) is 11.8 Å². The number of para-hydroxylation sites is 1. The number of hydrogen-bond donors (Lipinski definition) is 0. The summed E-state index contributed by atoms with van der Waals surface area (Å²) in [5, 5.41) is 9.98. The van der Waals surface area contributed by atoms with Gasteiger partial charge in [0.15, 0.2) is 6.61 Å². The van der Waals surface area contributed by atoms with E-state index in [1.54, 1.807) is 6.20 Å². The lowest BCUT2D eigenvalue weighted by Gasteiger charge is -2.12. The number of carbonyl (C=O) groups is 1. The van der Waals surface area contributed by atoms with E-state index in [9.17, 15) is 10.1 Å². The SMILES string of the molecule is Cc1cc(Br)cc(Br)c1OCC(=O)n1cc(C#N)c2ccccc21. The first-order chi connectivity index (χ1) is 11.5. The monoisotopic (exact) mass is 446 g/mol. The second-order valence-electron chi connectivity index (χ2n) is 5.26. The molecule has 0 N–H and O–H groups in total. The van der Waals surface area contributed by atoms with E-state index in [0.717, 1.165) is 19.9 Å². The fraction of sp³-hybridized carbons (Fsp3) is 0.111. The molecule has 0 spiro atoms. The standard InChI is InChI=1S/C18H12Br2N2O2/c1-11-6-13(19)7-15(20)18(11)24-10-17(23)22-9-12(8-21)14-4-2-3-5-16(14)22/h2-7,9H,10H2,1H3. The number of nitrogens with zero attached hydrogens (tertiary/aromatic N) is 2. The molecule has 0 aliphatic rings. The highest BCUT2D eigenvalue weighted by molar-refractivity contribution is 9.11. The molecule has 0 atom stereocenters. The van der Waals surface area contributed by atoms with Gasteiger partial charge in [-0.3, -0.25) is 9.36 Å². The molecule has 3 rings (SSSR count). The number of nitriles is 1. The van der Waals surface area contributed by atoms with Crippen molar-refractivity contribution in [1.82, 2.24) is 4.57 Å². The molecule has 0 aliphatic heterocycles. The van der Waals surface area contributed by atoms with Crippen molar-refractivity contribution < 1.29 is 9.53 Å². The summed E-state index contributed by atoms with van der Waals surface area (Å²) < 4.78 is 8.88. The quantitative estimate of drug-likeness (QED) is 0.563. The van der Waals surface area contributed by atoms with Crippen LogP contribution in [-0.4, -0.2) is 17.1 Å². The number of hydrogen-bond acceptors (Lipinski definition) is 3. The fourth-order valence-electron chi connectivity index (χ4n) is 2.55. The Balaban J connectivity index is 1.88. The number of rotatable bonds is 3. The van der Waals surface area contributed by atoms with Gasteiger partial charge < -0.3 is 4.74 Å². The molecule has 120 valence electrons. The van der Waals surface area contributed by atoms with Crippen molar-refractivity contribution in [2.24, 2.45) is 0 Å². The van der Waals surface area contributed by atoms with E-state index < -0.39 is 0 Å². The summed E-state index contributed by atoms with van der Waals surface area (Å²) >= 11 is 6.86. The van der Waals surface area contributed by atoms with Crippen LogP contribution < -0.4 is 4.74 Å². The predicted molar refractivity (Wildman–Crippen MR) is 99.4 cm³/mol. The Morgan fingerprint density at radius 3 is 2.75 bits per heavy atom. The van der Waals surface area contributed by atoms with Crippen LogP contribution in [0, 0.1) is 18.3 Å². The summed E-state index contributed by atoms with van der Waals surface area (Å²) in [5.41, 5.74) is 2.09. The van der Waals surface area contributed by atoms with Crippen molar-refractivity contribution in [3.05, 3.63) is 62.7 Å². The van der Waals surface area contributed by atoms with Crippen LogP contribution in [0.2, 0.25) is 0 Å². The molecule has 0 saturated carbocycles. The van der Waals surface area contributed by atoms with Crippen molar-refractivity contribution in [1.29, 1.82) is 5.26 Å². The van der Waals surface area contributed by atoms with Gasteiger partial charge in [-0.15, -0.1) is 0 Å². The minimum atomic E-state index is -0.234. The summed E-state index contributed by atoms with van der Waals surface area (Å²) in [6.07, 6.45) is 1.56. The van der Waals surface area contributed by atoms with E-state index >= 15 is 0 Å². The molecule has 1 aromatic heterocycles. The van der Waals surface area contributed by atoms with Gasteiger partial charge in [0.2, 0.25) is 0 Å². The third-order valence-corrected chi connectivity index (χ3v) is 4.68. The van der Waals surface area contributed by atoms with Crippen molar-refractivity contribution >= 4 is 48.7 Å². The average molecular weight is 448 g/mol. The number of benzene rings is 2. The number of aryl methyl sites for hydroxylation is 1. The molecule has 0 amide bonds. The maximum Gasteiger partial charge on any atom is 0.269 e. The van der Waals surface area contributed by atoms with Gasteiger partial charge in [-0.2, -0.15) is 5.26 Å². The highest BCUT2D eigenvalue weighted by Crippen LogP contribution is 2.32. The van der Waals surface area contributed by atoms with Crippen LogP contribution in [0.1, 0.15) is 15.9 Å². The Labute approximate surface area is 155 Å². The number of aromatic nitrogens is 1. The van der Waals surface area contributed by atoms with Gasteiger partial charge in [-0.1, -0.05) is 34.1 Å². The maximum absolute atomic E-state index is 12.6. The highest BCUT2D eigenvalue weighted by Gasteiger charge is 2.15. The number of carbonyl (C=O) groups excluding carboxylic acids is 1. The van der Waals surface area contributed by atoms with Crippen LogP contribution >= 0.6 is 31.9 Å². The largest absolute Gasteiger partial charge is 0.482 e. The molecule has 3 aromatic rings. The maximum atomic E-state index is 12.6. The van der Waals surface area contributed by atoms with Gasteiger partial charge in [-0.25, -0.2) is 0 Å². The van der Waals surface area contributed by atoms with Crippen LogP contribution in [0.4, 0.5) is 0 Å². The van der Waals surface area contributed by atoms with E-state index in [4.69, 9.17) is 4.74 Å². The van der Waals surface area contributed by atoms with Crippen LogP contribution in [0.5, 0.6) is 5.75 Å². The molecule has 0 bridgehead atoms. The summed E-state index contributed by atoms with van der Waals surface area (Å²) in [4.78, 5) is 12.6. The van der Waals surface area contributed by atoms with Crippen molar-refractivity contribution in [2.45, 2.75) is 6.92 Å². The van der Waals surface area contributed by atoms with E-state index in [-0.39, 0.29) is 12.5 Å². The Kier molecular flexibility index (Phi) is 4.74. The molecule has 6 heteroatoms. The van der Waals surface area contributed by atoms with Gasteiger partial charge in [-0.05, 0) is 46.6 Å². The van der Waals surface area contributed by atoms with Gasteiger partial charge in [0.25, 0.3) is 5.91 Å². The lowest BCUT2D eigenvalue weighted by Crippen LogP contribution is -2.18. The van der Waals surface area contributed by atoms with Gasteiger partial charge in [0.05, 0.1) is 15.6 Å². The zero-order valence-electron chi connectivity index (χ0n) is 12.7. The third-order valence-electron chi connectivity index (χ3n) is 3.64. The van der Waals surface area contributed by atoms with Crippen LogP contribution in [-0.2, 0) is 0 Å². The smallest absolute Gasteiger partial charge is 0.269 e. The normalized spacial score (nSPS) is 10.6. The zero-order valence-corrected chi connectivity index (χ0v) is 15.9. The van der Waals surface area contributed by atoms with E-state index in [1.807, 2.05) is 43.3 Å². The first-order valence-corrected chi connectivity index (χ1v) is 8.71.